The molecule has 0 aliphatic carbocycles. The van der Waals surface area contributed by atoms with Gasteiger partial charge in [0.2, 0.25) is 0 Å². The standard InChI is InChI=1S/C16H21NO5/c1-3-17(9-8-14-21-10-11-22-14)15(18)12-4-6-13(7-5-12)16(19)20-2/h4-7,14H,3,8-11H2,1-2H3. The number of benzene rings is 1. The largest absolute Gasteiger partial charge is 0.465 e. The maximum Gasteiger partial charge on any atom is 0.337 e. The van der Waals surface area contributed by atoms with Crippen molar-refractivity contribution in [2.45, 2.75) is 19.6 Å². The van der Waals surface area contributed by atoms with Crippen molar-refractivity contribution in [1.29, 1.82) is 0 Å². The highest BCUT2D eigenvalue weighted by Gasteiger charge is 2.20. The third-order valence-electron chi connectivity index (χ3n) is 3.55. The van der Waals surface area contributed by atoms with E-state index in [-0.39, 0.29) is 12.2 Å². The van der Waals surface area contributed by atoms with Gasteiger partial charge in [-0.3, -0.25) is 4.79 Å². The average molecular weight is 307 g/mol. The average Bonchev–Trinajstić information content (AvgIpc) is 3.08. The number of methoxy groups -OCH3 is 1. The van der Waals surface area contributed by atoms with Crippen molar-refractivity contribution < 1.29 is 23.8 Å². The second-order valence-electron chi connectivity index (χ2n) is 4.91. The number of nitrogens with zero attached hydrogens (tertiary/aromatic N) is 1. The molecule has 6 heteroatoms. The van der Waals surface area contributed by atoms with Crippen LogP contribution in [-0.2, 0) is 14.2 Å². The second kappa shape index (κ2) is 7.91. The zero-order valence-corrected chi connectivity index (χ0v) is 12.9. The summed E-state index contributed by atoms with van der Waals surface area (Å²) in [5.41, 5.74) is 0.970. The molecule has 0 N–H and O–H groups in total. The van der Waals surface area contributed by atoms with E-state index < -0.39 is 5.97 Å². The first-order valence-electron chi connectivity index (χ1n) is 7.36. The van der Waals surface area contributed by atoms with E-state index >= 15 is 0 Å². The molecule has 22 heavy (non-hydrogen) atoms. The zero-order chi connectivity index (χ0) is 15.9. The first kappa shape index (κ1) is 16.5. The predicted octanol–water partition coefficient (Wildman–Crippen LogP) is 1.70. The maximum absolute atomic E-state index is 12.5. The molecular formula is C16H21NO5. The Bertz CT molecular complexity index is 508. The van der Waals surface area contributed by atoms with Crippen LogP contribution in [0.5, 0.6) is 0 Å². The van der Waals surface area contributed by atoms with Gasteiger partial charge in [0, 0.05) is 25.1 Å². The molecule has 1 heterocycles. The quantitative estimate of drug-likeness (QED) is 0.748. The number of ether oxygens (including phenoxy) is 3. The summed E-state index contributed by atoms with van der Waals surface area (Å²) in [6, 6.07) is 6.46. The van der Waals surface area contributed by atoms with E-state index in [1.807, 2.05) is 6.92 Å². The summed E-state index contributed by atoms with van der Waals surface area (Å²) < 4.78 is 15.4. The lowest BCUT2D eigenvalue weighted by molar-refractivity contribution is -0.0500. The van der Waals surface area contributed by atoms with E-state index in [0.29, 0.717) is 43.9 Å². The van der Waals surface area contributed by atoms with Crippen molar-refractivity contribution in [3.63, 3.8) is 0 Å². The van der Waals surface area contributed by atoms with Crippen molar-refractivity contribution >= 4 is 11.9 Å². The Morgan fingerprint density at radius 2 is 1.77 bits per heavy atom. The molecule has 0 atom stereocenters. The number of rotatable bonds is 6. The molecule has 0 aromatic heterocycles. The van der Waals surface area contributed by atoms with Gasteiger partial charge in [0.25, 0.3) is 5.91 Å². The summed E-state index contributed by atoms with van der Waals surface area (Å²) in [4.78, 5) is 25.6. The molecule has 0 radical (unpaired) electrons. The van der Waals surface area contributed by atoms with Crippen molar-refractivity contribution in [1.82, 2.24) is 4.90 Å². The topological polar surface area (TPSA) is 65.1 Å². The summed E-state index contributed by atoms with van der Waals surface area (Å²) in [5, 5.41) is 0. The fourth-order valence-electron chi connectivity index (χ4n) is 2.29. The Kier molecular flexibility index (Phi) is 5.91. The molecule has 1 saturated heterocycles. The Labute approximate surface area is 129 Å². The van der Waals surface area contributed by atoms with E-state index in [4.69, 9.17) is 9.47 Å². The van der Waals surface area contributed by atoms with Crippen LogP contribution in [0.4, 0.5) is 0 Å². The van der Waals surface area contributed by atoms with E-state index in [2.05, 4.69) is 4.74 Å². The first-order valence-corrected chi connectivity index (χ1v) is 7.36. The van der Waals surface area contributed by atoms with E-state index in [0.717, 1.165) is 0 Å². The van der Waals surface area contributed by atoms with Gasteiger partial charge in [0.05, 0.1) is 25.9 Å². The van der Waals surface area contributed by atoms with Crippen LogP contribution in [0.25, 0.3) is 0 Å². The lowest BCUT2D eigenvalue weighted by Gasteiger charge is -2.22. The molecule has 0 saturated carbocycles. The van der Waals surface area contributed by atoms with Crippen LogP contribution < -0.4 is 0 Å². The Balaban J connectivity index is 1.96. The van der Waals surface area contributed by atoms with E-state index in [9.17, 15) is 9.59 Å². The first-order chi connectivity index (χ1) is 10.7. The van der Waals surface area contributed by atoms with Gasteiger partial charge >= 0.3 is 5.97 Å². The summed E-state index contributed by atoms with van der Waals surface area (Å²) in [7, 11) is 1.33. The highest BCUT2D eigenvalue weighted by atomic mass is 16.7. The molecule has 1 aliphatic heterocycles. The van der Waals surface area contributed by atoms with E-state index in [1.165, 1.54) is 7.11 Å². The van der Waals surface area contributed by atoms with Gasteiger partial charge in [-0.15, -0.1) is 0 Å². The molecule has 120 valence electrons. The predicted molar refractivity (Wildman–Crippen MR) is 79.7 cm³/mol. The van der Waals surface area contributed by atoms with Crippen LogP contribution in [0.15, 0.2) is 24.3 Å². The molecule has 6 nitrogen and oxygen atoms in total. The molecule has 0 spiro atoms. The van der Waals surface area contributed by atoms with Crippen LogP contribution in [0, 0.1) is 0 Å². The van der Waals surface area contributed by atoms with Crippen LogP contribution >= 0.6 is 0 Å². The minimum atomic E-state index is -0.415. The molecular weight excluding hydrogens is 286 g/mol. The number of carbonyl (C=O) groups is 2. The molecule has 1 aromatic rings. The van der Waals surface area contributed by atoms with Crippen LogP contribution in [-0.4, -0.2) is 56.5 Å². The van der Waals surface area contributed by atoms with Crippen molar-refractivity contribution in [2.75, 3.05) is 33.4 Å². The van der Waals surface area contributed by atoms with Gasteiger partial charge in [0.15, 0.2) is 6.29 Å². The lowest BCUT2D eigenvalue weighted by Crippen LogP contribution is -2.33. The normalized spacial score (nSPS) is 14.8. The summed E-state index contributed by atoms with van der Waals surface area (Å²) in [6.07, 6.45) is 0.434. The minimum Gasteiger partial charge on any atom is -0.465 e. The third kappa shape index (κ3) is 4.05. The number of hydrogen-bond donors (Lipinski definition) is 0. The van der Waals surface area contributed by atoms with Crippen molar-refractivity contribution in [2.24, 2.45) is 0 Å². The number of carbonyl (C=O) groups excluding carboxylic acids is 2. The molecule has 0 bridgehead atoms. The summed E-state index contributed by atoms with van der Waals surface area (Å²) >= 11 is 0. The zero-order valence-electron chi connectivity index (χ0n) is 12.9. The van der Waals surface area contributed by atoms with Gasteiger partial charge in [-0.2, -0.15) is 0 Å². The van der Waals surface area contributed by atoms with Gasteiger partial charge < -0.3 is 19.1 Å². The fourth-order valence-corrected chi connectivity index (χ4v) is 2.29. The van der Waals surface area contributed by atoms with Gasteiger partial charge in [-0.25, -0.2) is 4.79 Å². The Hall–Kier alpha value is -1.92. The fraction of sp³-hybridized carbons (Fsp3) is 0.500. The second-order valence-corrected chi connectivity index (χ2v) is 4.91. The monoisotopic (exact) mass is 307 g/mol. The summed E-state index contributed by atoms with van der Waals surface area (Å²) in [5.74, 6) is -0.487. The van der Waals surface area contributed by atoms with Crippen LogP contribution in [0.2, 0.25) is 0 Å². The molecule has 2 rings (SSSR count). The molecule has 1 amide bonds. The van der Waals surface area contributed by atoms with E-state index in [1.54, 1.807) is 29.2 Å². The Morgan fingerprint density at radius 1 is 1.18 bits per heavy atom. The van der Waals surface area contributed by atoms with Crippen LogP contribution in [0.1, 0.15) is 34.1 Å². The lowest BCUT2D eigenvalue weighted by atomic mass is 10.1. The smallest absolute Gasteiger partial charge is 0.337 e. The van der Waals surface area contributed by atoms with Gasteiger partial charge in [0.1, 0.15) is 0 Å². The maximum atomic E-state index is 12.5. The number of amides is 1. The van der Waals surface area contributed by atoms with Gasteiger partial charge in [-0.1, -0.05) is 0 Å². The van der Waals surface area contributed by atoms with Crippen molar-refractivity contribution in [3.8, 4) is 0 Å². The number of hydrogen-bond acceptors (Lipinski definition) is 5. The van der Waals surface area contributed by atoms with Gasteiger partial charge in [-0.05, 0) is 31.2 Å². The molecule has 1 aliphatic rings. The Morgan fingerprint density at radius 3 is 2.32 bits per heavy atom. The third-order valence-corrected chi connectivity index (χ3v) is 3.55. The SMILES string of the molecule is CCN(CCC1OCCO1)C(=O)c1ccc(C(=O)OC)cc1. The number of esters is 1. The highest BCUT2D eigenvalue weighted by molar-refractivity contribution is 5.96. The molecule has 1 fully saturated rings. The van der Waals surface area contributed by atoms with Crippen LogP contribution in [0.3, 0.4) is 0 Å². The summed E-state index contributed by atoms with van der Waals surface area (Å²) in [6.45, 7) is 4.32. The molecule has 1 aromatic carbocycles. The van der Waals surface area contributed by atoms with Crippen molar-refractivity contribution in [3.05, 3.63) is 35.4 Å². The minimum absolute atomic E-state index is 0.0723. The highest BCUT2D eigenvalue weighted by Crippen LogP contribution is 2.12. The molecule has 0 unspecified atom stereocenters.